The molecule has 0 saturated carbocycles. The Bertz CT molecular complexity index is 381. The standard InChI is InChI=1S/C18H30/c1-11-13-18(10,15(5)6)16(7,8)17(9,12-2)14(3)4/h11-13H,2-3,5H2,1,4,6-10H3. The Balaban J connectivity index is 6.09. The van der Waals surface area contributed by atoms with Crippen LogP contribution < -0.4 is 0 Å². The molecule has 0 radical (unpaired) electrons. The molecule has 0 aliphatic heterocycles. The van der Waals surface area contributed by atoms with Crippen LogP contribution in [0, 0.1) is 16.2 Å². The zero-order valence-corrected chi connectivity index (χ0v) is 13.4. The lowest BCUT2D eigenvalue weighted by atomic mass is 9.50. The monoisotopic (exact) mass is 246 g/mol. The van der Waals surface area contributed by atoms with Crippen molar-refractivity contribution in [2.75, 3.05) is 0 Å². The fourth-order valence-corrected chi connectivity index (χ4v) is 2.72. The lowest BCUT2D eigenvalue weighted by molar-refractivity contribution is 0.0729. The van der Waals surface area contributed by atoms with Crippen LogP contribution in [0.3, 0.4) is 0 Å². The molecule has 2 unspecified atom stereocenters. The van der Waals surface area contributed by atoms with Crippen molar-refractivity contribution in [3.05, 3.63) is 49.1 Å². The predicted octanol–water partition coefficient (Wildman–Crippen LogP) is 5.94. The first kappa shape index (κ1) is 17.0. The van der Waals surface area contributed by atoms with Crippen LogP contribution in [0.4, 0.5) is 0 Å². The molecule has 0 aliphatic carbocycles. The minimum atomic E-state index is -0.139. The van der Waals surface area contributed by atoms with E-state index >= 15 is 0 Å². The van der Waals surface area contributed by atoms with Crippen LogP contribution in [0.5, 0.6) is 0 Å². The van der Waals surface area contributed by atoms with Crippen molar-refractivity contribution in [1.82, 2.24) is 0 Å². The summed E-state index contributed by atoms with van der Waals surface area (Å²) in [4.78, 5) is 0. The highest BCUT2D eigenvalue weighted by atomic mass is 14.5. The predicted molar refractivity (Wildman–Crippen MR) is 84.6 cm³/mol. The van der Waals surface area contributed by atoms with E-state index < -0.39 is 0 Å². The van der Waals surface area contributed by atoms with E-state index in [1.807, 2.05) is 6.08 Å². The van der Waals surface area contributed by atoms with E-state index in [0.717, 1.165) is 5.57 Å². The summed E-state index contributed by atoms with van der Waals surface area (Å²) in [5, 5.41) is 0. The van der Waals surface area contributed by atoms with Crippen LogP contribution in [0.2, 0.25) is 0 Å². The first-order valence-electron chi connectivity index (χ1n) is 6.60. The molecule has 102 valence electrons. The summed E-state index contributed by atoms with van der Waals surface area (Å²) in [5.41, 5.74) is 2.02. The Morgan fingerprint density at radius 3 is 1.50 bits per heavy atom. The van der Waals surface area contributed by atoms with Gasteiger partial charge in [0.1, 0.15) is 0 Å². The van der Waals surface area contributed by atoms with Crippen LogP contribution in [-0.4, -0.2) is 0 Å². The van der Waals surface area contributed by atoms with Gasteiger partial charge < -0.3 is 0 Å². The van der Waals surface area contributed by atoms with Crippen molar-refractivity contribution in [3.63, 3.8) is 0 Å². The van der Waals surface area contributed by atoms with Gasteiger partial charge in [-0.25, -0.2) is 0 Å². The summed E-state index contributed by atoms with van der Waals surface area (Å²) in [6.45, 7) is 27.7. The number of hydrogen-bond acceptors (Lipinski definition) is 0. The summed E-state index contributed by atoms with van der Waals surface area (Å²) >= 11 is 0. The van der Waals surface area contributed by atoms with Gasteiger partial charge in [0.25, 0.3) is 0 Å². The average molecular weight is 246 g/mol. The molecular formula is C18H30. The Labute approximate surface area is 114 Å². The third kappa shape index (κ3) is 2.25. The summed E-state index contributed by atoms with van der Waals surface area (Å²) in [6.07, 6.45) is 6.39. The van der Waals surface area contributed by atoms with Gasteiger partial charge >= 0.3 is 0 Å². The van der Waals surface area contributed by atoms with E-state index in [2.05, 4.69) is 80.4 Å². The Kier molecular flexibility index (Phi) is 4.99. The van der Waals surface area contributed by atoms with Crippen LogP contribution in [0.1, 0.15) is 48.5 Å². The highest BCUT2D eigenvalue weighted by Gasteiger charge is 2.50. The van der Waals surface area contributed by atoms with E-state index in [4.69, 9.17) is 0 Å². The molecule has 18 heavy (non-hydrogen) atoms. The van der Waals surface area contributed by atoms with Crippen molar-refractivity contribution in [2.45, 2.75) is 48.5 Å². The molecule has 0 bridgehead atoms. The van der Waals surface area contributed by atoms with Gasteiger partial charge in [0.05, 0.1) is 0 Å². The third-order valence-corrected chi connectivity index (χ3v) is 5.28. The van der Waals surface area contributed by atoms with Crippen molar-refractivity contribution >= 4 is 0 Å². The molecule has 0 fully saturated rings. The van der Waals surface area contributed by atoms with E-state index in [9.17, 15) is 0 Å². The maximum Gasteiger partial charge on any atom is 0.0119 e. The Hall–Kier alpha value is -1.04. The molecule has 0 aromatic carbocycles. The minimum Gasteiger partial charge on any atom is -0.102 e. The third-order valence-electron chi connectivity index (χ3n) is 5.28. The quantitative estimate of drug-likeness (QED) is 0.509. The largest absolute Gasteiger partial charge is 0.102 e. The maximum atomic E-state index is 4.20. The second-order valence-electron chi connectivity index (χ2n) is 6.29. The Morgan fingerprint density at radius 2 is 1.28 bits per heavy atom. The van der Waals surface area contributed by atoms with Gasteiger partial charge in [0.15, 0.2) is 0 Å². The van der Waals surface area contributed by atoms with Crippen molar-refractivity contribution < 1.29 is 0 Å². The molecule has 0 aromatic heterocycles. The van der Waals surface area contributed by atoms with E-state index in [1.165, 1.54) is 5.57 Å². The number of hydrogen-bond donors (Lipinski definition) is 0. The summed E-state index contributed by atoms with van der Waals surface area (Å²) in [7, 11) is 0. The van der Waals surface area contributed by atoms with E-state index in [1.54, 1.807) is 0 Å². The highest BCUT2D eigenvalue weighted by molar-refractivity contribution is 5.30. The second-order valence-corrected chi connectivity index (χ2v) is 6.29. The highest BCUT2D eigenvalue weighted by Crippen LogP contribution is 2.58. The van der Waals surface area contributed by atoms with Crippen LogP contribution in [-0.2, 0) is 0 Å². The van der Waals surface area contributed by atoms with Gasteiger partial charge in [-0.05, 0) is 26.2 Å². The van der Waals surface area contributed by atoms with E-state index in [-0.39, 0.29) is 16.2 Å². The molecule has 0 N–H and O–H groups in total. The second kappa shape index (κ2) is 5.30. The van der Waals surface area contributed by atoms with Gasteiger partial charge in [0, 0.05) is 10.8 Å². The average Bonchev–Trinajstić information content (AvgIpc) is 2.26. The van der Waals surface area contributed by atoms with Crippen LogP contribution in [0.15, 0.2) is 49.1 Å². The number of rotatable bonds is 6. The maximum absolute atomic E-state index is 4.20. The van der Waals surface area contributed by atoms with Gasteiger partial charge in [-0.15, -0.1) is 6.58 Å². The van der Waals surface area contributed by atoms with Gasteiger partial charge in [-0.3, -0.25) is 0 Å². The first-order valence-corrected chi connectivity index (χ1v) is 6.60. The molecule has 0 rings (SSSR count). The van der Waals surface area contributed by atoms with Crippen LogP contribution in [0.25, 0.3) is 0 Å². The molecule has 0 spiro atoms. The zero-order chi connectivity index (χ0) is 14.8. The zero-order valence-electron chi connectivity index (χ0n) is 13.4. The van der Waals surface area contributed by atoms with E-state index in [0.29, 0.717) is 0 Å². The molecule has 0 nitrogen and oxygen atoms in total. The van der Waals surface area contributed by atoms with Gasteiger partial charge in [-0.1, -0.05) is 70.2 Å². The molecule has 0 aliphatic rings. The lowest BCUT2D eigenvalue weighted by Crippen LogP contribution is -2.46. The van der Waals surface area contributed by atoms with Crippen molar-refractivity contribution in [3.8, 4) is 0 Å². The molecule has 0 heteroatoms. The summed E-state index contributed by atoms with van der Waals surface area (Å²) < 4.78 is 0. The Morgan fingerprint density at radius 1 is 0.889 bits per heavy atom. The molecule has 0 aromatic rings. The molecular weight excluding hydrogens is 216 g/mol. The van der Waals surface area contributed by atoms with Crippen molar-refractivity contribution in [1.29, 1.82) is 0 Å². The smallest absolute Gasteiger partial charge is 0.0119 e. The fourth-order valence-electron chi connectivity index (χ4n) is 2.72. The molecule has 2 atom stereocenters. The molecule has 0 amide bonds. The lowest BCUT2D eigenvalue weighted by Gasteiger charge is -2.54. The summed E-state index contributed by atoms with van der Waals surface area (Å²) in [5.74, 6) is 0. The van der Waals surface area contributed by atoms with Gasteiger partial charge in [-0.2, -0.15) is 0 Å². The fraction of sp³-hybridized carbons (Fsp3) is 0.556. The minimum absolute atomic E-state index is 0.0497. The van der Waals surface area contributed by atoms with Gasteiger partial charge in [0.2, 0.25) is 0 Å². The number of allylic oxidation sites excluding steroid dienone is 5. The van der Waals surface area contributed by atoms with Crippen LogP contribution >= 0.6 is 0 Å². The molecule has 0 heterocycles. The normalized spacial score (nSPS) is 19.1. The summed E-state index contributed by atoms with van der Waals surface area (Å²) in [6, 6.07) is 0. The topological polar surface area (TPSA) is 0 Å². The SMILES string of the molecule is C=CC(C)(C(=C)C)C(C)(C)C(C)(C=CC)C(=C)C. The van der Waals surface area contributed by atoms with Crippen molar-refractivity contribution in [2.24, 2.45) is 16.2 Å². The molecule has 0 saturated heterocycles. The first-order chi connectivity index (χ1) is 8.01.